The second kappa shape index (κ2) is 5.27. The summed E-state index contributed by atoms with van der Waals surface area (Å²) in [5, 5.41) is 2.95. The second-order valence-corrected chi connectivity index (χ2v) is 6.13. The minimum Gasteiger partial charge on any atom is -0.342 e. The maximum Gasteiger partial charge on any atom is 0.224 e. The van der Waals surface area contributed by atoms with Crippen molar-refractivity contribution in [2.24, 2.45) is 5.92 Å². The highest BCUT2D eigenvalue weighted by Gasteiger charge is 2.22. The molecule has 1 aliphatic rings. The summed E-state index contributed by atoms with van der Waals surface area (Å²) >= 11 is 0. The summed E-state index contributed by atoms with van der Waals surface area (Å²) in [5.41, 5.74) is 2.83. The zero-order valence-corrected chi connectivity index (χ0v) is 12.1. The van der Waals surface area contributed by atoms with Crippen molar-refractivity contribution in [1.29, 1.82) is 0 Å². The van der Waals surface area contributed by atoms with Crippen molar-refractivity contribution in [3.05, 3.63) is 24.0 Å². The van der Waals surface area contributed by atoms with E-state index in [1.165, 1.54) is 19.3 Å². The van der Waals surface area contributed by atoms with Crippen molar-refractivity contribution in [2.75, 3.05) is 5.32 Å². The monoisotopic (exact) mass is 271 g/mol. The van der Waals surface area contributed by atoms with Crippen LogP contribution in [0.2, 0.25) is 0 Å². The number of hydrogen-bond acceptors (Lipinski definition) is 2. The van der Waals surface area contributed by atoms with Crippen molar-refractivity contribution in [1.82, 2.24) is 9.97 Å². The molecule has 4 nitrogen and oxygen atoms in total. The molecule has 1 amide bonds. The van der Waals surface area contributed by atoms with E-state index in [1.54, 1.807) is 0 Å². The molecule has 0 saturated heterocycles. The Kier molecular flexibility index (Phi) is 3.47. The lowest BCUT2D eigenvalue weighted by molar-refractivity contribution is -0.116. The molecule has 2 N–H and O–H groups in total. The lowest BCUT2D eigenvalue weighted by Gasteiger charge is -2.22. The Balaban J connectivity index is 1.77. The van der Waals surface area contributed by atoms with Gasteiger partial charge in [-0.25, -0.2) is 4.98 Å². The molecule has 0 aliphatic heterocycles. The molecule has 106 valence electrons. The normalized spacial score (nSPS) is 15.6. The lowest BCUT2D eigenvalue weighted by Crippen LogP contribution is -2.13. The van der Waals surface area contributed by atoms with Crippen molar-refractivity contribution in [2.45, 2.75) is 45.4 Å². The Bertz CT molecular complexity index is 626. The summed E-state index contributed by atoms with van der Waals surface area (Å²) in [4.78, 5) is 19.8. The number of fused-ring (bicyclic) bond motifs is 1. The van der Waals surface area contributed by atoms with E-state index in [0.717, 1.165) is 22.5 Å². The van der Waals surface area contributed by atoms with Crippen molar-refractivity contribution in [3.8, 4) is 0 Å². The van der Waals surface area contributed by atoms with E-state index < -0.39 is 0 Å². The van der Waals surface area contributed by atoms with E-state index >= 15 is 0 Å². The van der Waals surface area contributed by atoms with Crippen LogP contribution in [0.4, 0.5) is 5.69 Å². The molecule has 3 rings (SSSR count). The molecule has 1 aliphatic carbocycles. The molecule has 1 aromatic carbocycles. The van der Waals surface area contributed by atoms with Crippen LogP contribution >= 0.6 is 0 Å². The molecule has 1 heterocycles. The summed E-state index contributed by atoms with van der Waals surface area (Å²) in [6, 6.07) is 5.87. The Labute approximate surface area is 119 Å². The molecule has 2 aromatic rings. The number of carbonyl (C=O) groups excluding carboxylic acids is 1. The van der Waals surface area contributed by atoms with Gasteiger partial charge in [0.15, 0.2) is 0 Å². The first kappa shape index (κ1) is 13.2. The van der Waals surface area contributed by atoms with Gasteiger partial charge >= 0.3 is 0 Å². The second-order valence-electron chi connectivity index (χ2n) is 6.13. The maximum absolute atomic E-state index is 11.8. The van der Waals surface area contributed by atoms with E-state index in [9.17, 15) is 4.79 Å². The van der Waals surface area contributed by atoms with Crippen molar-refractivity contribution in [3.63, 3.8) is 0 Å². The van der Waals surface area contributed by atoms with Crippen LogP contribution in [0.5, 0.6) is 0 Å². The van der Waals surface area contributed by atoms with Crippen molar-refractivity contribution >= 4 is 22.6 Å². The highest BCUT2D eigenvalue weighted by Crippen LogP contribution is 2.35. The standard InChI is InChI=1S/C16H21N3O/c1-10(2)8-15(20)17-12-6-7-13-14(9-12)19-16(18-13)11-4-3-5-11/h6-7,9-11H,3-5,8H2,1-2H3,(H,17,20)(H,18,19). The molecule has 1 saturated carbocycles. The first-order valence-electron chi connectivity index (χ1n) is 7.41. The van der Waals surface area contributed by atoms with Crippen LogP contribution in [-0.2, 0) is 4.79 Å². The van der Waals surface area contributed by atoms with Crippen molar-refractivity contribution < 1.29 is 4.79 Å². The van der Waals surface area contributed by atoms with Gasteiger partial charge in [0, 0.05) is 18.0 Å². The average Bonchev–Trinajstić information content (AvgIpc) is 2.67. The van der Waals surface area contributed by atoms with Gasteiger partial charge in [-0.15, -0.1) is 0 Å². The summed E-state index contributed by atoms with van der Waals surface area (Å²) in [5.74, 6) is 2.13. The van der Waals surface area contributed by atoms with Crippen LogP contribution in [-0.4, -0.2) is 15.9 Å². The quantitative estimate of drug-likeness (QED) is 0.888. The van der Waals surface area contributed by atoms with Crippen LogP contribution in [0, 0.1) is 5.92 Å². The fraction of sp³-hybridized carbons (Fsp3) is 0.500. The Morgan fingerprint density at radius 3 is 2.90 bits per heavy atom. The number of amides is 1. The first-order valence-corrected chi connectivity index (χ1v) is 7.41. The number of benzene rings is 1. The molecule has 1 aromatic heterocycles. The molecule has 0 spiro atoms. The molecular formula is C16H21N3O. The number of hydrogen-bond donors (Lipinski definition) is 2. The van der Waals surface area contributed by atoms with E-state index in [1.807, 2.05) is 32.0 Å². The summed E-state index contributed by atoms with van der Waals surface area (Å²) in [6.07, 6.45) is 4.32. The molecule has 0 radical (unpaired) electrons. The minimum absolute atomic E-state index is 0.0677. The van der Waals surface area contributed by atoms with Crippen LogP contribution in [0.3, 0.4) is 0 Å². The number of anilines is 1. The number of imidazole rings is 1. The number of rotatable bonds is 4. The van der Waals surface area contributed by atoms with Gasteiger partial charge in [0.2, 0.25) is 5.91 Å². The van der Waals surface area contributed by atoms with Gasteiger partial charge in [0.05, 0.1) is 11.0 Å². The van der Waals surface area contributed by atoms with Crippen LogP contribution in [0.1, 0.15) is 51.3 Å². The third-order valence-corrected chi connectivity index (χ3v) is 3.87. The molecular weight excluding hydrogens is 250 g/mol. The topological polar surface area (TPSA) is 57.8 Å². The Morgan fingerprint density at radius 1 is 1.45 bits per heavy atom. The molecule has 1 fully saturated rings. The highest BCUT2D eigenvalue weighted by molar-refractivity contribution is 5.93. The average molecular weight is 271 g/mol. The number of carbonyl (C=O) groups is 1. The van der Waals surface area contributed by atoms with Gasteiger partial charge in [-0.1, -0.05) is 20.3 Å². The molecule has 0 unspecified atom stereocenters. The highest BCUT2D eigenvalue weighted by atomic mass is 16.1. The lowest BCUT2D eigenvalue weighted by atomic mass is 9.85. The largest absolute Gasteiger partial charge is 0.342 e. The Morgan fingerprint density at radius 2 is 2.25 bits per heavy atom. The number of nitrogens with one attached hydrogen (secondary N) is 2. The van der Waals surface area contributed by atoms with Gasteiger partial charge in [0.1, 0.15) is 5.82 Å². The molecule has 0 bridgehead atoms. The fourth-order valence-corrected chi connectivity index (χ4v) is 2.56. The van der Waals surface area contributed by atoms with Gasteiger partial charge in [-0.05, 0) is 37.0 Å². The van der Waals surface area contributed by atoms with E-state index in [0.29, 0.717) is 18.3 Å². The van der Waals surface area contributed by atoms with Gasteiger partial charge in [-0.2, -0.15) is 0 Å². The number of aromatic nitrogens is 2. The van der Waals surface area contributed by atoms with E-state index in [4.69, 9.17) is 0 Å². The van der Waals surface area contributed by atoms with Gasteiger partial charge in [-0.3, -0.25) is 4.79 Å². The first-order chi connectivity index (χ1) is 9.61. The zero-order valence-electron chi connectivity index (χ0n) is 12.1. The van der Waals surface area contributed by atoms with Crippen LogP contribution in [0.25, 0.3) is 11.0 Å². The van der Waals surface area contributed by atoms with Crippen LogP contribution < -0.4 is 5.32 Å². The molecule has 4 heteroatoms. The van der Waals surface area contributed by atoms with Gasteiger partial charge < -0.3 is 10.3 Å². The maximum atomic E-state index is 11.8. The van der Waals surface area contributed by atoms with E-state index in [-0.39, 0.29) is 5.91 Å². The number of aromatic amines is 1. The third-order valence-electron chi connectivity index (χ3n) is 3.87. The number of nitrogens with zero attached hydrogens (tertiary/aromatic N) is 1. The third kappa shape index (κ3) is 2.69. The summed E-state index contributed by atoms with van der Waals surface area (Å²) < 4.78 is 0. The fourth-order valence-electron chi connectivity index (χ4n) is 2.56. The zero-order chi connectivity index (χ0) is 14.1. The van der Waals surface area contributed by atoms with Crippen LogP contribution in [0.15, 0.2) is 18.2 Å². The summed E-state index contributed by atoms with van der Waals surface area (Å²) in [6.45, 7) is 4.09. The minimum atomic E-state index is 0.0677. The smallest absolute Gasteiger partial charge is 0.224 e. The number of H-pyrrole nitrogens is 1. The summed E-state index contributed by atoms with van der Waals surface area (Å²) in [7, 11) is 0. The predicted molar refractivity (Wildman–Crippen MR) is 80.8 cm³/mol. The SMILES string of the molecule is CC(C)CC(=O)Nc1ccc2nc(C3CCC3)[nH]c2c1. The Hall–Kier alpha value is -1.84. The predicted octanol–water partition coefficient (Wildman–Crippen LogP) is 3.82. The molecule has 0 atom stereocenters. The van der Waals surface area contributed by atoms with Gasteiger partial charge in [0.25, 0.3) is 0 Å². The molecule has 20 heavy (non-hydrogen) atoms. The van der Waals surface area contributed by atoms with E-state index in [2.05, 4.69) is 15.3 Å².